The molecule has 5 heteroatoms. The predicted molar refractivity (Wildman–Crippen MR) is 107 cm³/mol. The zero-order valence-electron chi connectivity index (χ0n) is 17.1. The van der Waals surface area contributed by atoms with Crippen LogP contribution in [0.3, 0.4) is 0 Å². The zero-order chi connectivity index (χ0) is 19.5. The summed E-state index contributed by atoms with van der Waals surface area (Å²) in [6.45, 7) is 11.2. The highest BCUT2D eigenvalue weighted by molar-refractivity contribution is 5.89. The molecule has 0 aliphatic carbocycles. The molecular formula is C22H35NO4. The van der Waals surface area contributed by atoms with E-state index in [4.69, 9.17) is 14.2 Å². The van der Waals surface area contributed by atoms with Crippen molar-refractivity contribution in [3.05, 3.63) is 35.9 Å². The van der Waals surface area contributed by atoms with Crippen LogP contribution in [0.2, 0.25) is 0 Å². The molecule has 1 fully saturated rings. The minimum Gasteiger partial charge on any atom is -0.456 e. The third kappa shape index (κ3) is 6.59. The highest BCUT2D eigenvalue weighted by Gasteiger charge is 2.42. The SMILES string of the molecule is CCCCOC1(C(C)OC(=O)c2ccccc2)CCN(CCOCC)CC1. The fourth-order valence-corrected chi connectivity index (χ4v) is 3.49. The van der Waals surface area contributed by atoms with E-state index < -0.39 is 5.60 Å². The van der Waals surface area contributed by atoms with E-state index in [0.717, 1.165) is 58.5 Å². The number of nitrogens with zero attached hydrogens (tertiary/aromatic N) is 1. The Hall–Kier alpha value is -1.43. The zero-order valence-corrected chi connectivity index (χ0v) is 17.1. The number of ether oxygens (including phenoxy) is 3. The Morgan fingerprint density at radius 1 is 1.15 bits per heavy atom. The van der Waals surface area contributed by atoms with Crippen LogP contribution in [0.25, 0.3) is 0 Å². The highest BCUT2D eigenvalue weighted by Crippen LogP contribution is 2.32. The molecule has 0 N–H and O–H groups in total. The van der Waals surface area contributed by atoms with E-state index in [1.165, 1.54) is 0 Å². The van der Waals surface area contributed by atoms with Crippen molar-refractivity contribution in [3.8, 4) is 0 Å². The third-order valence-corrected chi connectivity index (χ3v) is 5.38. The molecule has 1 saturated heterocycles. The molecule has 1 aromatic rings. The standard InChI is InChI=1S/C22H35NO4/c1-4-6-17-26-22(12-14-23(15-13-22)16-18-25-5-2)19(3)27-21(24)20-10-8-7-9-11-20/h7-11,19H,4-6,12-18H2,1-3H3. The molecule has 0 aromatic heterocycles. The van der Waals surface area contributed by atoms with Crippen LogP contribution in [-0.4, -0.2) is 62.0 Å². The van der Waals surface area contributed by atoms with Gasteiger partial charge in [0.25, 0.3) is 0 Å². The van der Waals surface area contributed by atoms with Gasteiger partial charge in [0.15, 0.2) is 0 Å². The maximum atomic E-state index is 12.5. The average molecular weight is 378 g/mol. The van der Waals surface area contributed by atoms with Crippen molar-refractivity contribution in [1.29, 1.82) is 0 Å². The lowest BCUT2D eigenvalue weighted by atomic mass is 9.86. The van der Waals surface area contributed by atoms with E-state index in [2.05, 4.69) is 11.8 Å². The quantitative estimate of drug-likeness (QED) is 0.432. The average Bonchev–Trinajstić information content (AvgIpc) is 2.70. The lowest BCUT2D eigenvalue weighted by Crippen LogP contribution is -2.54. The van der Waals surface area contributed by atoms with Gasteiger partial charge in [-0.15, -0.1) is 0 Å². The molecule has 5 nitrogen and oxygen atoms in total. The largest absolute Gasteiger partial charge is 0.456 e. The van der Waals surface area contributed by atoms with E-state index >= 15 is 0 Å². The number of rotatable bonds is 11. The number of benzene rings is 1. The second-order valence-corrected chi connectivity index (χ2v) is 7.22. The van der Waals surface area contributed by atoms with E-state index in [1.54, 1.807) is 12.1 Å². The van der Waals surface area contributed by atoms with Crippen molar-refractivity contribution in [2.75, 3.05) is 39.5 Å². The normalized spacial score (nSPS) is 18.2. The van der Waals surface area contributed by atoms with Gasteiger partial charge in [-0.25, -0.2) is 4.79 Å². The fourth-order valence-electron chi connectivity index (χ4n) is 3.49. The van der Waals surface area contributed by atoms with Crippen molar-refractivity contribution >= 4 is 5.97 Å². The molecule has 1 unspecified atom stereocenters. The lowest BCUT2D eigenvalue weighted by molar-refractivity contribution is -0.149. The van der Waals surface area contributed by atoms with Gasteiger partial charge >= 0.3 is 5.97 Å². The maximum absolute atomic E-state index is 12.5. The Labute approximate surface area is 164 Å². The first kappa shape index (κ1) is 21.9. The second-order valence-electron chi connectivity index (χ2n) is 7.22. The number of hydrogen-bond acceptors (Lipinski definition) is 5. The van der Waals surface area contributed by atoms with Gasteiger partial charge in [0.1, 0.15) is 11.7 Å². The smallest absolute Gasteiger partial charge is 0.338 e. The lowest BCUT2D eigenvalue weighted by Gasteiger charge is -2.44. The maximum Gasteiger partial charge on any atom is 0.338 e. The monoisotopic (exact) mass is 377 g/mol. The summed E-state index contributed by atoms with van der Waals surface area (Å²) in [6, 6.07) is 9.18. The molecular weight excluding hydrogens is 342 g/mol. The third-order valence-electron chi connectivity index (χ3n) is 5.38. The molecule has 0 amide bonds. The van der Waals surface area contributed by atoms with Crippen molar-refractivity contribution < 1.29 is 19.0 Å². The van der Waals surface area contributed by atoms with Crippen LogP contribution >= 0.6 is 0 Å². The molecule has 1 aromatic carbocycles. The Bertz CT molecular complexity index is 541. The van der Waals surface area contributed by atoms with Crippen LogP contribution in [0.4, 0.5) is 0 Å². The predicted octanol–water partition coefficient (Wildman–Crippen LogP) is 3.92. The topological polar surface area (TPSA) is 48.0 Å². The van der Waals surface area contributed by atoms with Crippen molar-refractivity contribution in [3.63, 3.8) is 0 Å². The van der Waals surface area contributed by atoms with Gasteiger partial charge in [0.2, 0.25) is 0 Å². The molecule has 1 heterocycles. The molecule has 1 aliphatic heterocycles. The molecule has 0 bridgehead atoms. The van der Waals surface area contributed by atoms with Gasteiger partial charge < -0.3 is 19.1 Å². The Balaban J connectivity index is 1.97. The summed E-state index contributed by atoms with van der Waals surface area (Å²) in [5.74, 6) is -0.277. The first-order valence-corrected chi connectivity index (χ1v) is 10.3. The minimum atomic E-state index is -0.401. The minimum absolute atomic E-state index is 0.277. The number of likely N-dealkylation sites (tertiary alicyclic amines) is 1. The Kier molecular flexibility index (Phi) is 9.25. The number of unbranched alkanes of at least 4 members (excludes halogenated alkanes) is 1. The van der Waals surface area contributed by atoms with Crippen LogP contribution in [0, 0.1) is 0 Å². The molecule has 27 heavy (non-hydrogen) atoms. The fraction of sp³-hybridized carbons (Fsp3) is 0.682. The van der Waals surface area contributed by atoms with Gasteiger partial charge in [-0.05, 0) is 45.2 Å². The van der Waals surface area contributed by atoms with Gasteiger partial charge in [-0.1, -0.05) is 31.5 Å². The summed E-state index contributed by atoms with van der Waals surface area (Å²) in [4.78, 5) is 14.9. The molecule has 1 aliphatic rings. The highest BCUT2D eigenvalue weighted by atomic mass is 16.6. The summed E-state index contributed by atoms with van der Waals surface area (Å²) in [5.41, 5.74) is 0.184. The van der Waals surface area contributed by atoms with E-state index in [0.29, 0.717) is 12.2 Å². The summed E-state index contributed by atoms with van der Waals surface area (Å²) in [5, 5.41) is 0. The molecule has 0 saturated carbocycles. The van der Waals surface area contributed by atoms with E-state index in [1.807, 2.05) is 32.0 Å². The molecule has 0 radical (unpaired) electrons. The number of carbonyl (C=O) groups is 1. The summed E-state index contributed by atoms with van der Waals surface area (Å²) >= 11 is 0. The molecule has 2 rings (SSSR count). The second kappa shape index (κ2) is 11.4. The Morgan fingerprint density at radius 3 is 2.48 bits per heavy atom. The van der Waals surface area contributed by atoms with E-state index in [-0.39, 0.29) is 12.1 Å². The Morgan fingerprint density at radius 2 is 1.85 bits per heavy atom. The van der Waals surface area contributed by atoms with Crippen LogP contribution < -0.4 is 0 Å². The van der Waals surface area contributed by atoms with Crippen LogP contribution in [0.15, 0.2) is 30.3 Å². The van der Waals surface area contributed by atoms with Gasteiger partial charge in [-0.2, -0.15) is 0 Å². The summed E-state index contributed by atoms with van der Waals surface area (Å²) in [6.07, 6.45) is 3.57. The van der Waals surface area contributed by atoms with Crippen molar-refractivity contribution in [2.24, 2.45) is 0 Å². The van der Waals surface area contributed by atoms with Crippen LogP contribution in [-0.2, 0) is 14.2 Å². The molecule has 1 atom stereocenters. The van der Waals surface area contributed by atoms with Crippen LogP contribution in [0.5, 0.6) is 0 Å². The molecule has 152 valence electrons. The number of hydrogen-bond donors (Lipinski definition) is 0. The first-order valence-electron chi connectivity index (χ1n) is 10.3. The van der Waals surface area contributed by atoms with E-state index in [9.17, 15) is 4.79 Å². The first-order chi connectivity index (χ1) is 13.1. The molecule has 0 spiro atoms. The number of carbonyl (C=O) groups excluding carboxylic acids is 1. The number of piperidine rings is 1. The van der Waals surface area contributed by atoms with Crippen LogP contribution in [0.1, 0.15) is 56.8 Å². The van der Waals surface area contributed by atoms with Gasteiger partial charge in [0, 0.05) is 32.8 Å². The number of esters is 1. The van der Waals surface area contributed by atoms with Gasteiger partial charge in [0.05, 0.1) is 12.2 Å². The van der Waals surface area contributed by atoms with Gasteiger partial charge in [-0.3, -0.25) is 0 Å². The van der Waals surface area contributed by atoms with Crippen molar-refractivity contribution in [1.82, 2.24) is 4.90 Å². The summed E-state index contributed by atoms with van der Waals surface area (Å²) < 4.78 is 17.7. The van der Waals surface area contributed by atoms with Crippen molar-refractivity contribution in [2.45, 2.75) is 58.2 Å². The summed E-state index contributed by atoms with van der Waals surface area (Å²) in [7, 11) is 0.